The smallest absolute Gasteiger partial charge is 0.238 e. The van der Waals surface area contributed by atoms with Gasteiger partial charge in [-0.25, -0.2) is 0 Å². The maximum absolute atomic E-state index is 12.1. The van der Waals surface area contributed by atoms with Gasteiger partial charge in [0.1, 0.15) is 16.9 Å². The van der Waals surface area contributed by atoms with Crippen LogP contribution in [0.4, 0.5) is 5.69 Å². The number of hydrogen-bond acceptors (Lipinski definition) is 5. The number of halogens is 1. The van der Waals surface area contributed by atoms with Gasteiger partial charge in [0.25, 0.3) is 0 Å². The van der Waals surface area contributed by atoms with Gasteiger partial charge in [-0.05, 0) is 12.1 Å². The third-order valence-corrected chi connectivity index (χ3v) is 3.74. The molecule has 0 radical (unpaired) electrons. The molecule has 2 aromatic carbocycles. The van der Waals surface area contributed by atoms with Crippen LogP contribution in [0.5, 0.6) is 5.75 Å². The van der Waals surface area contributed by atoms with Gasteiger partial charge in [-0.15, -0.1) is 12.4 Å². The highest BCUT2D eigenvalue weighted by molar-refractivity contribution is 6.07. The van der Waals surface area contributed by atoms with Crippen LogP contribution in [-0.4, -0.2) is 39.8 Å². The molecule has 3 aromatic rings. The zero-order valence-electron chi connectivity index (χ0n) is 14.1. The standard InChI is InChI=1S/C18H20N2O4.ClH/c1-22-8-7-19-11-18(21)20-14-10-16-13(9-17(14)23-2)12-5-3-4-6-15(12)24-16;/h3-6,9-10,19H,7-8,11H2,1-2H3,(H,20,21);1H. The fraction of sp³-hybridized carbons (Fsp3) is 0.278. The number of benzene rings is 2. The summed E-state index contributed by atoms with van der Waals surface area (Å²) in [5.41, 5.74) is 2.10. The summed E-state index contributed by atoms with van der Waals surface area (Å²) >= 11 is 0. The molecule has 134 valence electrons. The lowest BCUT2D eigenvalue weighted by molar-refractivity contribution is -0.115. The average molecular weight is 365 g/mol. The van der Waals surface area contributed by atoms with E-state index in [1.54, 1.807) is 20.3 Å². The molecule has 1 amide bonds. The lowest BCUT2D eigenvalue weighted by Crippen LogP contribution is -2.30. The first-order chi connectivity index (χ1) is 11.7. The SMILES string of the molecule is COCCNCC(=O)Nc1cc2oc3ccccc3c2cc1OC.Cl. The van der Waals surface area contributed by atoms with Gasteiger partial charge in [0.05, 0.1) is 25.9 Å². The van der Waals surface area contributed by atoms with E-state index >= 15 is 0 Å². The molecule has 0 unspecified atom stereocenters. The zero-order chi connectivity index (χ0) is 16.9. The first kappa shape index (κ1) is 19.1. The monoisotopic (exact) mass is 364 g/mol. The highest BCUT2D eigenvalue weighted by Crippen LogP contribution is 2.36. The molecular formula is C18H21ClN2O4. The van der Waals surface area contributed by atoms with Crippen molar-refractivity contribution in [3.05, 3.63) is 36.4 Å². The second-order valence-electron chi connectivity index (χ2n) is 5.36. The molecule has 0 bridgehead atoms. The first-order valence-electron chi connectivity index (χ1n) is 7.71. The number of nitrogens with one attached hydrogen (secondary N) is 2. The van der Waals surface area contributed by atoms with Crippen LogP contribution in [0, 0.1) is 0 Å². The normalized spacial score (nSPS) is 10.6. The van der Waals surface area contributed by atoms with E-state index < -0.39 is 0 Å². The number of amides is 1. The van der Waals surface area contributed by atoms with Gasteiger partial charge in [-0.3, -0.25) is 4.79 Å². The van der Waals surface area contributed by atoms with E-state index in [0.29, 0.717) is 30.2 Å². The Bertz CT molecular complexity index is 863. The average Bonchev–Trinajstić information content (AvgIpc) is 2.95. The van der Waals surface area contributed by atoms with Crippen molar-refractivity contribution in [3.63, 3.8) is 0 Å². The van der Waals surface area contributed by atoms with Crippen LogP contribution in [0.2, 0.25) is 0 Å². The van der Waals surface area contributed by atoms with E-state index in [-0.39, 0.29) is 24.9 Å². The fourth-order valence-corrected chi connectivity index (χ4v) is 2.59. The molecule has 25 heavy (non-hydrogen) atoms. The molecule has 0 atom stereocenters. The van der Waals surface area contributed by atoms with E-state index in [2.05, 4.69) is 10.6 Å². The molecule has 0 aliphatic rings. The highest BCUT2D eigenvalue weighted by Gasteiger charge is 2.13. The van der Waals surface area contributed by atoms with Crippen molar-refractivity contribution in [1.29, 1.82) is 0 Å². The van der Waals surface area contributed by atoms with Crippen molar-refractivity contribution >= 4 is 45.9 Å². The second-order valence-corrected chi connectivity index (χ2v) is 5.36. The number of rotatable bonds is 7. The van der Waals surface area contributed by atoms with Crippen molar-refractivity contribution in [2.45, 2.75) is 0 Å². The minimum absolute atomic E-state index is 0. The Morgan fingerprint density at radius 2 is 1.92 bits per heavy atom. The van der Waals surface area contributed by atoms with Crippen molar-refractivity contribution in [2.24, 2.45) is 0 Å². The van der Waals surface area contributed by atoms with Gasteiger partial charge in [0.15, 0.2) is 0 Å². The van der Waals surface area contributed by atoms with Crippen LogP contribution in [0.15, 0.2) is 40.8 Å². The molecule has 2 N–H and O–H groups in total. The third-order valence-electron chi connectivity index (χ3n) is 3.74. The summed E-state index contributed by atoms with van der Waals surface area (Å²) in [6.07, 6.45) is 0. The molecule has 0 aliphatic carbocycles. The van der Waals surface area contributed by atoms with Crippen molar-refractivity contribution in [2.75, 3.05) is 39.2 Å². The van der Waals surface area contributed by atoms with Crippen molar-refractivity contribution in [1.82, 2.24) is 5.32 Å². The first-order valence-corrected chi connectivity index (χ1v) is 7.71. The molecule has 0 fully saturated rings. The van der Waals surface area contributed by atoms with Gasteiger partial charge >= 0.3 is 0 Å². The Hall–Kier alpha value is -2.28. The van der Waals surface area contributed by atoms with Crippen LogP contribution in [0.25, 0.3) is 21.9 Å². The molecule has 0 saturated heterocycles. The summed E-state index contributed by atoms with van der Waals surface area (Å²) < 4.78 is 16.2. The molecule has 0 saturated carbocycles. The molecule has 7 heteroatoms. The van der Waals surface area contributed by atoms with E-state index in [4.69, 9.17) is 13.9 Å². The maximum Gasteiger partial charge on any atom is 0.238 e. The molecule has 0 aliphatic heterocycles. The Morgan fingerprint density at radius 3 is 2.68 bits per heavy atom. The number of carbonyl (C=O) groups is 1. The van der Waals surface area contributed by atoms with Crippen molar-refractivity contribution in [3.8, 4) is 5.75 Å². The summed E-state index contributed by atoms with van der Waals surface area (Å²) in [5, 5.41) is 7.82. The van der Waals surface area contributed by atoms with Crippen LogP contribution in [0.3, 0.4) is 0 Å². The summed E-state index contributed by atoms with van der Waals surface area (Å²) in [5.74, 6) is 0.444. The van der Waals surface area contributed by atoms with Gasteiger partial charge < -0.3 is 24.5 Å². The number of fused-ring (bicyclic) bond motifs is 3. The molecule has 3 rings (SSSR count). The minimum atomic E-state index is -0.153. The van der Waals surface area contributed by atoms with Crippen molar-refractivity contribution < 1.29 is 18.7 Å². The lowest BCUT2D eigenvalue weighted by Gasteiger charge is -2.10. The zero-order valence-corrected chi connectivity index (χ0v) is 14.9. The predicted molar refractivity (Wildman–Crippen MR) is 101 cm³/mol. The van der Waals surface area contributed by atoms with Crippen LogP contribution in [0.1, 0.15) is 0 Å². The number of anilines is 1. The van der Waals surface area contributed by atoms with E-state index in [0.717, 1.165) is 16.4 Å². The summed E-state index contributed by atoms with van der Waals surface area (Å²) in [7, 11) is 3.20. The highest BCUT2D eigenvalue weighted by atomic mass is 35.5. The van der Waals surface area contributed by atoms with Crippen LogP contribution >= 0.6 is 12.4 Å². The minimum Gasteiger partial charge on any atom is -0.495 e. The topological polar surface area (TPSA) is 72.7 Å². The Labute approximate surface area is 151 Å². The summed E-state index contributed by atoms with van der Waals surface area (Å²) in [4.78, 5) is 12.1. The summed E-state index contributed by atoms with van der Waals surface area (Å²) in [6.45, 7) is 1.37. The summed E-state index contributed by atoms with van der Waals surface area (Å²) in [6, 6.07) is 11.5. The van der Waals surface area contributed by atoms with Crippen LogP contribution in [-0.2, 0) is 9.53 Å². The molecule has 0 spiro atoms. The van der Waals surface area contributed by atoms with E-state index in [1.165, 1.54) is 0 Å². The lowest BCUT2D eigenvalue weighted by atomic mass is 10.1. The number of methoxy groups -OCH3 is 2. The Kier molecular flexibility index (Phi) is 6.64. The molecular weight excluding hydrogens is 344 g/mol. The Balaban J connectivity index is 0.00000225. The fourth-order valence-electron chi connectivity index (χ4n) is 2.59. The van der Waals surface area contributed by atoms with Crippen LogP contribution < -0.4 is 15.4 Å². The van der Waals surface area contributed by atoms with Gasteiger partial charge in [0.2, 0.25) is 5.91 Å². The van der Waals surface area contributed by atoms with Gasteiger partial charge in [-0.2, -0.15) is 0 Å². The number of hydrogen-bond donors (Lipinski definition) is 2. The third kappa shape index (κ3) is 4.22. The van der Waals surface area contributed by atoms with Gasteiger partial charge in [0, 0.05) is 30.5 Å². The second kappa shape index (κ2) is 8.71. The largest absolute Gasteiger partial charge is 0.495 e. The molecule has 6 nitrogen and oxygen atoms in total. The number of carbonyl (C=O) groups excluding carboxylic acids is 1. The quantitative estimate of drug-likeness (QED) is 0.630. The maximum atomic E-state index is 12.1. The molecule has 1 heterocycles. The van der Waals surface area contributed by atoms with E-state index in [9.17, 15) is 4.79 Å². The number of ether oxygens (including phenoxy) is 2. The molecule has 1 aromatic heterocycles. The predicted octanol–water partition coefficient (Wildman–Crippen LogP) is 3.19. The Morgan fingerprint density at radius 1 is 1.12 bits per heavy atom. The van der Waals surface area contributed by atoms with Gasteiger partial charge in [-0.1, -0.05) is 18.2 Å². The number of furan rings is 1. The van der Waals surface area contributed by atoms with E-state index in [1.807, 2.05) is 30.3 Å². The number of para-hydroxylation sites is 1.